The standard InChI is InChI=1S/C11H7ClFN3O3/c1-19-9-3-2-6(13)4-7(9)10-8(16(17)18)5-14-11(12)15-10/h2-5H,1H3. The van der Waals surface area contributed by atoms with E-state index in [1.54, 1.807) is 0 Å². The van der Waals surface area contributed by atoms with E-state index >= 15 is 0 Å². The Morgan fingerprint density at radius 2 is 2.21 bits per heavy atom. The number of aromatic nitrogens is 2. The van der Waals surface area contributed by atoms with Crippen molar-refractivity contribution >= 4 is 17.3 Å². The fourth-order valence-corrected chi connectivity index (χ4v) is 1.68. The number of rotatable bonds is 3. The first-order valence-corrected chi connectivity index (χ1v) is 5.41. The zero-order valence-electron chi connectivity index (χ0n) is 9.63. The van der Waals surface area contributed by atoms with Crippen molar-refractivity contribution in [3.63, 3.8) is 0 Å². The summed E-state index contributed by atoms with van der Waals surface area (Å²) < 4.78 is 18.3. The molecule has 0 amide bonds. The first-order valence-electron chi connectivity index (χ1n) is 5.03. The number of methoxy groups -OCH3 is 1. The maximum absolute atomic E-state index is 13.3. The predicted molar refractivity (Wildman–Crippen MR) is 65.6 cm³/mol. The van der Waals surface area contributed by atoms with Crippen molar-refractivity contribution in [2.75, 3.05) is 7.11 Å². The van der Waals surface area contributed by atoms with Gasteiger partial charge in [0, 0.05) is 0 Å². The van der Waals surface area contributed by atoms with Crippen molar-refractivity contribution in [2.45, 2.75) is 0 Å². The maximum atomic E-state index is 13.3. The molecule has 1 aromatic heterocycles. The zero-order valence-corrected chi connectivity index (χ0v) is 10.4. The average molecular weight is 284 g/mol. The van der Waals surface area contributed by atoms with Crippen LogP contribution >= 0.6 is 11.6 Å². The summed E-state index contributed by atoms with van der Waals surface area (Å²) in [7, 11) is 1.37. The molecule has 0 saturated heterocycles. The van der Waals surface area contributed by atoms with Crippen LogP contribution in [-0.2, 0) is 0 Å². The van der Waals surface area contributed by atoms with Crippen LogP contribution in [0.3, 0.4) is 0 Å². The Balaban J connectivity index is 2.73. The average Bonchev–Trinajstić information content (AvgIpc) is 2.38. The lowest BCUT2D eigenvalue weighted by Crippen LogP contribution is -1.99. The summed E-state index contributed by atoms with van der Waals surface area (Å²) >= 11 is 5.63. The third-order valence-electron chi connectivity index (χ3n) is 2.35. The van der Waals surface area contributed by atoms with Gasteiger partial charge in [-0.3, -0.25) is 10.1 Å². The molecule has 19 heavy (non-hydrogen) atoms. The Hall–Kier alpha value is -2.28. The molecule has 2 aromatic rings. The highest BCUT2D eigenvalue weighted by atomic mass is 35.5. The van der Waals surface area contributed by atoms with E-state index in [0.29, 0.717) is 0 Å². The highest BCUT2D eigenvalue weighted by Crippen LogP contribution is 2.35. The van der Waals surface area contributed by atoms with Gasteiger partial charge in [-0.25, -0.2) is 14.4 Å². The highest BCUT2D eigenvalue weighted by molar-refractivity contribution is 6.28. The molecule has 0 aliphatic carbocycles. The van der Waals surface area contributed by atoms with Gasteiger partial charge < -0.3 is 4.74 Å². The van der Waals surface area contributed by atoms with E-state index in [1.807, 2.05) is 0 Å². The minimum Gasteiger partial charge on any atom is -0.496 e. The molecule has 0 aliphatic rings. The van der Waals surface area contributed by atoms with Gasteiger partial charge in [-0.2, -0.15) is 0 Å². The molecule has 1 aromatic carbocycles. The summed E-state index contributed by atoms with van der Waals surface area (Å²) in [6.07, 6.45) is 0.967. The largest absolute Gasteiger partial charge is 0.496 e. The van der Waals surface area contributed by atoms with Crippen molar-refractivity contribution in [2.24, 2.45) is 0 Å². The number of ether oxygens (including phenoxy) is 1. The van der Waals surface area contributed by atoms with E-state index in [0.717, 1.165) is 12.3 Å². The first-order chi connectivity index (χ1) is 9.02. The first kappa shape index (κ1) is 13.2. The number of nitro groups is 1. The van der Waals surface area contributed by atoms with Gasteiger partial charge in [0.15, 0.2) is 5.69 Å². The third kappa shape index (κ3) is 2.60. The normalized spacial score (nSPS) is 10.3. The van der Waals surface area contributed by atoms with E-state index in [9.17, 15) is 14.5 Å². The molecule has 1 heterocycles. The van der Waals surface area contributed by atoms with Crippen LogP contribution in [-0.4, -0.2) is 22.0 Å². The molecule has 0 unspecified atom stereocenters. The molecular formula is C11H7ClFN3O3. The van der Waals surface area contributed by atoms with E-state index in [2.05, 4.69) is 9.97 Å². The molecule has 2 rings (SSSR count). The van der Waals surface area contributed by atoms with Crippen LogP contribution in [0.15, 0.2) is 24.4 Å². The number of hydrogen-bond acceptors (Lipinski definition) is 5. The molecule has 0 spiro atoms. The fraction of sp³-hybridized carbons (Fsp3) is 0.0909. The monoisotopic (exact) mass is 283 g/mol. The van der Waals surface area contributed by atoms with E-state index < -0.39 is 10.7 Å². The smallest absolute Gasteiger partial charge is 0.313 e. The van der Waals surface area contributed by atoms with Crippen molar-refractivity contribution in [3.05, 3.63) is 45.6 Å². The second-order valence-electron chi connectivity index (χ2n) is 3.47. The van der Waals surface area contributed by atoms with Crippen molar-refractivity contribution < 1.29 is 14.1 Å². The van der Waals surface area contributed by atoms with Crippen LogP contribution in [0.1, 0.15) is 0 Å². The minimum absolute atomic E-state index is 0.0960. The molecule has 0 radical (unpaired) electrons. The van der Waals surface area contributed by atoms with Crippen LogP contribution < -0.4 is 4.74 Å². The summed E-state index contributed by atoms with van der Waals surface area (Å²) in [6, 6.07) is 3.62. The molecular weight excluding hydrogens is 277 g/mol. The maximum Gasteiger partial charge on any atom is 0.313 e. The highest BCUT2D eigenvalue weighted by Gasteiger charge is 2.22. The van der Waals surface area contributed by atoms with Gasteiger partial charge in [0.25, 0.3) is 0 Å². The SMILES string of the molecule is COc1ccc(F)cc1-c1nc(Cl)ncc1[N+](=O)[O-]. The molecule has 98 valence electrons. The van der Waals surface area contributed by atoms with Crippen LogP contribution in [0.5, 0.6) is 5.75 Å². The van der Waals surface area contributed by atoms with Gasteiger partial charge in [0.1, 0.15) is 17.8 Å². The lowest BCUT2D eigenvalue weighted by Gasteiger charge is -2.08. The Morgan fingerprint density at radius 1 is 1.47 bits per heavy atom. The Labute approximate surface area is 112 Å². The Bertz CT molecular complexity index is 651. The molecule has 0 saturated carbocycles. The molecule has 0 fully saturated rings. The van der Waals surface area contributed by atoms with Gasteiger partial charge in [-0.05, 0) is 29.8 Å². The molecule has 0 aliphatic heterocycles. The van der Waals surface area contributed by atoms with Crippen molar-refractivity contribution in [3.8, 4) is 17.0 Å². The second kappa shape index (κ2) is 5.15. The van der Waals surface area contributed by atoms with Gasteiger partial charge in [-0.1, -0.05) is 0 Å². The minimum atomic E-state index is -0.671. The predicted octanol–water partition coefficient (Wildman–Crippen LogP) is 2.85. The zero-order chi connectivity index (χ0) is 14.0. The van der Waals surface area contributed by atoms with E-state index in [-0.39, 0.29) is 28.0 Å². The van der Waals surface area contributed by atoms with Gasteiger partial charge in [0.2, 0.25) is 5.28 Å². The van der Waals surface area contributed by atoms with Crippen molar-refractivity contribution in [1.82, 2.24) is 9.97 Å². The molecule has 0 N–H and O–H groups in total. The summed E-state index contributed by atoms with van der Waals surface area (Å²) in [5.41, 5.74) is -0.340. The van der Waals surface area contributed by atoms with Crippen LogP contribution in [0.25, 0.3) is 11.3 Å². The van der Waals surface area contributed by atoms with E-state index in [4.69, 9.17) is 16.3 Å². The number of nitrogens with zero attached hydrogens (tertiary/aromatic N) is 3. The summed E-state index contributed by atoms with van der Waals surface area (Å²) in [5, 5.41) is 10.8. The van der Waals surface area contributed by atoms with Gasteiger partial charge in [-0.15, -0.1) is 0 Å². The van der Waals surface area contributed by atoms with Crippen molar-refractivity contribution in [1.29, 1.82) is 0 Å². The summed E-state index contributed by atoms with van der Waals surface area (Å²) in [5.74, 6) is -0.320. The Kier molecular flexibility index (Phi) is 3.57. The van der Waals surface area contributed by atoms with Crippen LogP contribution in [0, 0.1) is 15.9 Å². The van der Waals surface area contributed by atoms with Gasteiger partial charge >= 0.3 is 5.69 Å². The fourth-order valence-electron chi connectivity index (χ4n) is 1.55. The second-order valence-corrected chi connectivity index (χ2v) is 3.81. The van der Waals surface area contributed by atoms with E-state index in [1.165, 1.54) is 19.2 Å². The van der Waals surface area contributed by atoms with Gasteiger partial charge in [0.05, 0.1) is 17.6 Å². The lowest BCUT2D eigenvalue weighted by atomic mass is 10.1. The Morgan fingerprint density at radius 3 is 2.84 bits per heavy atom. The molecule has 6 nitrogen and oxygen atoms in total. The summed E-state index contributed by atoms with van der Waals surface area (Å²) in [4.78, 5) is 17.6. The molecule has 8 heteroatoms. The summed E-state index contributed by atoms with van der Waals surface area (Å²) in [6.45, 7) is 0. The number of hydrogen-bond donors (Lipinski definition) is 0. The number of benzene rings is 1. The molecule has 0 bridgehead atoms. The van der Waals surface area contributed by atoms with Crippen LogP contribution in [0.4, 0.5) is 10.1 Å². The lowest BCUT2D eigenvalue weighted by molar-refractivity contribution is -0.384. The quantitative estimate of drug-likeness (QED) is 0.492. The van der Waals surface area contributed by atoms with Crippen LogP contribution in [0.2, 0.25) is 5.28 Å². The molecule has 0 atom stereocenters. The topological polar surface area (TPSA) is 78.2 Å². The third-order valence-corrected chi connectivity index (χ3v) is 2.54. The number of halogens is 2.